The van der Waals surface area contributed by atoms with Gasteiger partial charge in [0.05, 0.1) is 13.0 Å². The van der Waals surface area contributed by atoms with Gasteiger partial charge in [0.25, 0.3) is 0 Å². The van der Waals surface area contributed by atoms with Gasteiger partial charge in [-0.25, -0.2) is 4.98 Å². The Bertz CT molecular complexity index is 1240. The Balaban J connectivity index is 1.20. The minimum absolute atomic E-state index is 0.0890. The molecule has 9 nitrogen and oxygen atoms in total. The third kappa shape index (κ3) is 5.31. The van der Waals surface area contributed by atoms with Crippen molar-refractivity contribution in [2.75, 3.05) is 56.0 Å². The summed E-state index contributed by atoms with van der Waals surface area (Å²) in [6.45, 7) is 4.03. The first kappa shape index (κ1) is 23.7. The lowest BCUT2D eigenvalue weighted by Crippen LogP contribution is -2.60. The number of carbonyl (C=O) groups is 3. The number of anilines is 2. The molecule has 0 unspecified atom stereocenters. The standard InChI is InChI=1S/C27H30N6O3/c34-25(30-22-9-5-7-20-6-1-2-8-21(20)22)18-23-27(36)29-12-13-33(23)26(35)19-31-14-16-32(17-15-31)24-10-3-4-11-28-24/h1-11,23H,12-19H2,(H,29,36)(H,30,34)/t23-/m1/s1. The van der Waals surface area contributed by atoms with Crippen LogP contribution in [0.25, 0.3) is 10.8 Å². The quantitative estimate of drug-likeness (QED) is 0.551. The number of amides is 3. The van der Waals surface area contributed by atoms with E-state index >= 15 is 0 Å². The van der Waals surface area contributed by atoms with Gasteiger partial charge >= 0.3 is 0 Å². The van der Waals surface area contributed by atoms with Crippen LogP contribution in [0.1, 0.15) is 6.42 Å². The van der Waals surface area contributed by atoms with Crippen LogP contribution in [0, 0.1) is 0 Å². The molecule has 9 heteroatoms. The molecule has 3 amide bonds. The van der Waals surface area contributed by atoms with Gasteiger partial charge in [-0.15, -0.1) is 0 Å². The van der Waals surface area contributed by atoms with Gasteiger partial charge in [0.2, 0.25) is 17.7 Å². The molecule has 0 radical (unpaired) electrons. The van der Waals surface area contributed by atoms with Crippen LogP contribution in [0.15, 0.2) is 66.9 Å². The van der Waals surface area contributed by atoms with Crippen molar-refractivity contribution in [3.05, 3.63) is 66.9 Å². The predicted molar refractivity (Wildman–Crippen MR) is 139 cm³/mol. The largest absolute Gasteiger partial charge is 0.354 e. The number of hydrogen-bond donors (Lipinski definition) is 2. The van der Waals surface area contributed by atoms with E-state index in [4.69, 9.17) is 0 Å². The summed E-state index contributed by atoms with van der Waals surface area (Å²) in [5, 5.41) is 7.69. The lowest BCUT2D eigenvalue weighted by atomic mass is 10.1. The third-order valence-electron chi connectivity index (χ3n) is 6.80. The van der Waals surface area contributed by atoms with Crippen molar-refractivity contribution in [2.45, 2.75) is 12.5 Å². The molecular formula is C27H30N6O3. The molecule has 2 aromatic carbocycles. The summed E-state index contributed by atoms with van der Waals surface area (Å²) in [4.78, 5) is 49.1. The number of hydrogen-bond acceptors (Lipinski definition) is 6. The highest BCUT2D eigenvalue weighted by Gasteiger charge is 2.35. The fourth-order valence-electron chi connectivity index (χ4n) is 4.89. The van der Waals surface area contributed by atoms with E-state index in [0.29, 0.717) is 18.8 Å². The van der Waals surface area contributed by atoms with Crippen LogP contribution in [-0.2, 0) is 14.4 Å². The van der Waals surface area contributed by atoms with Crippen LogP contribution in [0.2, 0.25) is 0 Å². The molecule has 2 aliphatic rings. The summed E-state index contributed by atoms with van der Waals surface area (Å²) in [7, 11) is 0. The van der Waals surface area contributed by atoms with Crippen molar-refractivity contribution in [1.29, 1.82) is 0 Å². The Labute approximate surface area is 210 Å². The van der Waals surface area contributed by atoms with Crippen molar-refractivity contribution in [3.63, 3.8) is 0 Å². The molecule has 0 bridgehead atoms. The van der Waals surface area contributed by atoms with Crippen LogP contribution in [0.4, 0.5) is 11.5 Å². The SMILES string of the molecule is O=C(C[C@@H]1C(=O)NCCN1C(=O)CN1CCN(c2ccccn2)CC1)Nc1cccc2ccccc12. The Hall–Kier alpha value is -3.98. The Morgan fingerprint density at radius 3 is 2.53 bits per heavy atom. The van der Waals surface area contributed by atoms with Gasteiger partial charge in [0.15, 0.2) is 0 Å². The second kappa shape index (κ2) is 10.7. The zero-order valence-electron chi connectivity index (χ0n) is 20.1. The molecule has 1 atom stereocenters. The number of piperazine rings is 2. The first-order valence-corrected chi connectivity index (χ1v) is 12.3. The van der Waals surface area contributed by atoms with Gasteiger partial charge in [-0.1, -0.05) is 42.5 Å². The number of benzene rings is 2. The Morgan fingerprint density at radius 2 is 1.72 bits per heavy atom. The zero-order valence-corrected chi connectivity index (χ0v) is 20.1. The van der Waals surface area contributed by atoms with Gasteiger partial charge in [-0.3, -0.25) is 19.3 Å². The molecule has 2 aliphatic heterocycles. The van der Waals surface area contributed by atoms with Gasteiger partial charge in [0.1, 0.15) is 11.9 Å². The number of nitrogens with one attached hydrogen (secondary N) is 2. The molecule has 36 heavy (non-hydrogen) atoms. The van der Waals surface area contributed by atoms with Crippen molar-refractivity contribution in [3.8, 4) is 0 Å². The average Bonchev–Trinajstić information content (AvgIpc) is 2.91. The molecule has 5 rings (SSSR count). The molecule has 3 aromatic rings. The van der Waals surface area contributed by atoms with E-state index in [2.05, 4.69) is 25.4 Å². The van der Waals surface area contributed by atoms with E-state index in [1.54, 1.807) is 11.1 Å². The number of pyridine rings is 1. The Kier molecular flexibility index (Phi) is 7.08. The van der Waals surface area contributed by atoms with Crippen LogP contribution in [-0.4, -0.2) is 84.4 Å². The van der Waals surface area contributed by atoms with Gasteiger partial charge in [-0.2, -0.15) is 0 Å². The molecule has 0 spiro atoms. The molecule has 2 fully saturated rings. The number of nitrogens with zero attached hydrogens (tertiary/aromatic N) is 4. The van der Waals surface area contributed by atoms with Crippen LogP contribution in [0.5, 0.6) is 0 Å². The normalized spacial score (nSPS) is 18.7. The van der Waals surface area contributed by atoms with Crippen molar-refractivity contribution in [1.82, 2.24) is 20.1 Å². The minimum Gasteiger partial charge on any atom is -0.354 e. The Morgan fingerprint density at radius 1 is 0.944 bits per heavy atom. The summed E-state index contributed by atoms with van der Waals surface area (Å²) in [6, 6.07) is 18.5. The summed E-state index contributed by atoms with van der Waals surface area (Å²) in [6.07, 6.45) is 1.69. The molecule has 0 aliphatic carbocycles. The van der Waals surface area contributed by atoms with Crippen molar-refractivity contribution >= 4 is 40.0 Å². The van der Waals surface area contributed by atoms with Gasteiger partial charge in [-0.05, 0) is 23.6 Å². The third-order valence-corrected chi connectivity index (χ3v) is 6.80. The van der Waals surface area contributed by atoms with Crippen LogP contribution in [0.3, 0.4) is 0 Å². The molecule has 3 heterocycles. The van der Waals surface area contributed by atoms with E-state index in [1.807, 2.05) is 60.7 Å². The van der Waals surface area contributed by atoms with E-state index in [9.17, 15) is 14.4 Å². The summed E-state index contributed by atoms with van der Waals surface area (Å²) in [5.41, 5.74) is 0.693. The number of aromatic nitrogens is 1. The maximum atomic E-state index is 13.2. The van der Waals surface area contributed by atoms with Crippen molar-refractivity contribution < 1.29 is 14.4 Å². The topological polar surface area (TPSA) is 97.9 Å². The molecule has 0 saturated carbocycles. The summed E-state index contributed by atoms with van der Waals surface area (Å²) < 4.78 is 0. The minimum atomic E-state index is -0.823. The van der Waals surface area contributed by atoms with E-state index in [-0.39, 0.29) is 30.7 Å². The molecule has 2 saturated heterocycles. The maximum Gasteiger partial charge on any atom is 0.243 e. The number of rotatable bonds is 6. The highest BCUT2D eigenvalue weighted by atomic mass is 16.2. The van der Waals surface area contributed by atoms with Gasteiger partial charge < -0.3 is 20.4 Å². The monoisotopic (exact) mass is 486 g/mol. The van der Waals surface area contributed by atoms with E-state index < -0.39 is 6.04 Å². The highest BCUT2D eigenvalue weighted by molar-refractivity contribution is 6.04. The fourth-order valence-corrected chi connectivity index (χ4v) is 4.89. The van der Waals surface area contributed by atoms with E-state index in [1.165, 1.54) is 0 Å². The second-order valence-corrected chi connectivity index (χ2v) is 9.12. The average molecular weight is 487 g/mol. The van der Waals surface area contributed by atoms with Gasteiger partial charge in [0, 0.05) is 56.5 Å². The van der Waals surface area contributed by atoms with E-state index in [0.717, 1.165) is 42.8 Å². The lowest BCUT2D eigenvalue weighted by molar-refractivity contribution is -0.145. The zero-order chi connectivity index (χ0) is 24.9. The van der Waals surface area contributed by atoms with Crippen LogP contribution >= 0.6 is 0 Å². The maximum absolute atomic E-state index is 13.2. The first-order chi connectivity index (χ1) is 17.6. The fraction of sp³-hybridized carbons (Fsp3) is 0.333. The predicted octanol–water partition coefficient (Wildman–Crippen LogP) is 1.71. The highest BCUT2D eigenvalue weighted by Crippen LogP contribution is 2.23. The smallest absolute Gasteiger partial charge is 0.243 e. The molecule has 1 aromatic heterocycles. The molecular weight excluding hydrogens is 456 g/mol. The number of fused-ring (bicyclic) bond motifs is 1. The lowest BCUT2D eigenvalue weighted by Gasteiger charge is -2.38. The summed E-state index contributed by atoms with van der Waals surface area (Å²) in [5.74, 6) is 0.227. The van der Waals surface area contributed by atoms with Crippen molar-refractivity contribution in [2.24, 2.45) is 0 Å². The second-order valence-electron chi connectivity index (χ2n) is 9.12. The number of carbonyl (C=O) groups excluding carboxylic acids is 3. The molecule has 186 valence electrons. The summed E-state index contributed by atoms with van der Waals surface area (Å²) >= 11 is 0. The van der Waals surface area contributed by atoms with Crippen LogP contribution < -0.4 is 15.5 Å². The first-order valence-electron chi connectivity index (χ1n) is 12.3. The molecule has 2 N–H and O–H groups in total.